The van der Waals surface area contributed by atoms with Crippen molar-refractivity contribution in [3.05, 3.63) is 0 Å². The normalized spacial score (nSPS) is 15.4. The molecule has 0 aromatic heterocycles. The maximum atomic E-state index is 9.16. The standard InChI is InChI=1S/C8H19O5P/c1-14(2,10)13-8-7-12-6-5-11-4-3-9/h9-10H,1,3-8H2,2H3. The average molecular weight is 226 g/mol. The van der Waals surface area contributed by atoms with E-state index in [4.69, 9.17) is 24.0 Å². The Morgan fingerprint density at radius 1 is 1.07 bits per heavy atom. The third-order valence-corrected chi connectivity index (χ3v) is 1.94. The topological polar surface area (TPSA) is 68.2 Å². The van der Waals surface area contributed by atoms with Gasteiger partial charge in [0, 0.05) is 6.66 Å². The Balaban J connectivity index is 3.03. The Bertz CT molecular complexity index is 167. The first-order valence-electron chi connectivity index (χ1n) is 4.41. The van der Waals surface area contributed by atoms with Crippen molar-refractivity contribution in [3.63, 3.8) is 0 Å². The summed E-state index contributed by atoms with van der Waals surface area (Å²) in [4.78, 5) is 9.16. The lowest BCUT2D eigenvalue weighted by Crippen LogP contribution is -2.10. The molecule has 0 heterocycles. The van der Waals surface area contributed by atoms with Crippen LogP contribution in [0.4, 0.5) is 0 Å². The summed E-state index contributed by atoms with van der Waals surface area (Å²) in [6, 6.07) is 0. The SMILES string of the molecule is C=P(C)(O)OCCOCCOCCO. The number of hydrogen-bond donors (Lipinski definition) is 2. The fourth-order valence-electron chi connectivity index (χ4n) is 0.679. The highest BCUT2D eigenvalue weighted by Gasteiger charge is 2.00. The molecule has 0 aliphatic carbocycles. The highest BCUT2D eigenvalue weighted by Crippen LogP contribution is 2.35. The van der Waals surface area contributed by atoms with Gasteiger partial charge in [0.25, 0.3) is 0 Å². The second-order valence-corrected chi connectivity index (χ2v) is 5.19. The molecule has 14 heavy (non-hydrogen) atoms. The molecule has 0 saturated carbocycles. The van der Waals surface area contributed by atoms with Crippen molar-refractivity contribution in [1.82, 2.24) is 0 Å². The maximum absolute atomic E-state index is 9.16. The number of ether oxygens (including phenoxy) is 2. The first-order valence-corrected chi connectivity index (χ1v) is 6.70. The molecule has 0 bridgehead atoms. The van der Waals surface area contributed by atoms with Crippen molar-refractivity contribution in [2.24, 2.45) is 0 Å². The molecular formula is C8H19O5P. The summed E-state index contributed by atoms with van der Waals surface area (Å²) in [6.45, 7) is 3.59. The molecule has 0 fully saturated rings. The minimum Gasteiger partial charge on any atom is -0.394 e. The van der Waals surface area contributed by atoms with Crippen LogP contribution in [0.2, 0.25) is 0 Å². The minimum absolute atomic E-state index is 0.0258. The predicted molar refractivity (Wildman–Crippen MR) is 56.9 cm³/mol. The van der Waals surface area contributed by atoms with Gasteiger partial charge in [-0.15, -0.1) is 0 Å². The Morgan fingerprint density at radius 3 is 2.07 bits per heavy atom. The fraction of sp³-hybridized carbons (Fsp3) is 0.875. The lowest BCUT2D eigenvalue weighted by Gasteiger charge is -2.12. The summed E-state index contributed by atoms with van der Waals surface area (Å²) in [6.07, 6.45) is 3.47. The first-order chi connectivity index (χ1) is 6.56. The molecule has 86 valence electrons. The smallest absolute Gasteiger partial charge is 0.111 e. The van der Waals surface area contributed by atoms with E-state index in [1.54, 1.807) is 6.66 Å². The van der Waals surface area contributed by atoms with Crippen LogP contribution >= 0.6 is 7.34 Å². The van der Waals surface area contributed by atoms with Crippen molar-refractivity contribution in [2.45, 2.75) is 0 Å². The third kappa shape index (κ3) is 12.1. The van der Waals surface area contributed by atoms with E-state index < -0.39 is 7.34 Å². The molecule has 1 unspecified atom stereocenters. The molecule has 0 aliphatic rings. The van der Waals surface area contributed by atoms with E-state index in [1.807, 2.05) is 0 Å². The summed E-state index contributed by atoms with van der Waals surface area (Å²) in [5, 5.41) is 8.38. The quantitative estimate of drug-likeness (QED) is 0.425. The molecule has 0 amide bonds. The van der Waals surface area contributed by atoms with Crippen molar-refractivity contribution < 1.29 is 24.0 Å². The molecule has 1 atom stereocenters. The first kappa shape index (κ1) is 14.1. The highest BCUT2D eigenvalue weighted by molar-refractivity contribution is 7.62. The van der Waals surface area contributed by atoms with E-state index in [2.05, 4.69) is 6.30 Å². The van der Waals surface area contributed by atoms with Crippen molar-refractivity contribution in [2.75, 3.05) is 46.3 Å². The Morgan fingerprint density at radius 2 is 1.57 bits per heavy atom. The summed E-state index contributed by atoms with van der Waals surface area (Å²) in [5.74, 6) is 0. The van der Waals surface area contributed by atoms with Crippen LogP contribution in [-0.2, 0) is 14.0 Å². The number of hydrogen-bond acceptors (Lipinski definition) is 5. The second kappa shape index (κ2) is 8.41. The zero-order chi connectivity index (χ0) is 10.9. The van der Waals surface area contributed by atoms with Gasteiger partial charge in [-0.05, 0) is 0 Å². The molecule has 0 aliphatic heterocycles. The summed E-state index contributed by atoms with van der Waals surface area (Å²) in [7, 11) is -2.38. The molecule has 0 saturated heterocycles. The Hall–Kier alpha value is 0.100. The van der Waals surface area contributed by atoms with E-state index in [9.17, 15) is 0 Å². The van der Waals surface area contributed by atoms with E-state index in [-0.39, 0.29) is 6.61 Å². The number of rotatable bonds is 9. The Labute approximate surface area is 84.7 Å². The van der Waals surface area contributed by atoms with Crippen LogP contribution in [0.15, 0.2) is 0 Å². The van der Waals surface area contributed by atoms with Gasteiger partial charge in [0.2, 0.25) is 0 Å². The van der Waals surface area contributed by atoms with Crippen LogP contribution < -0.4 is 0 Å². The van der Waals surface area contributed by atoms with E-state index in [0.29, 0.717) is 33.0 Å². The minimum atomic E-state index is -2.38. The van der Waals surface area contributed by atoms with Crippen molar-refractivity contribution >= 4 is 13.6 Å². The second-order valence-electron chi connectivity index (χ2n) is 2.83. The molecule has 0 aromatic rings. The lowest BCUT2D eigenvalue weighted by molar-refractivity contribution is 0.0248. The molecule has 2 N–H and O–H groups in total. The summed E-state index contributed by atoms with van der Waals surface area (Å²) in [5.41, 5.74) is 0. The largest absolute Gasteiger partial charge is 0.394 e. The molecule has 0 aromatic carbocycles. The van der Waals surface area contributed by atoms with Gasteiger partial charge >= 0.3 is 0 Å². The van der Waals surface area contributed by atoms with E-state index in [0.717, 1.165) is 0 Å². The fourth-order valence-corrected chi connectivity index (χ4v) is 1.15. The van der Waals surface area contributed by atoms with Crippen LogP contribution in [0.25, 0.3) is 0 Å². The molecule has 0 radical (unpaired) electrons. The average Bonchev–Trinajstić information content (AvgIpc) is 2.08. The van der Waals surface area contributed by atoms with Crippen LogP contribution in [0.3, 0.4) is 0 Å². The highest BCUT2D eigenvalue weighted by atomic mass is 31.2. The van der Waals surface area contributed by atoms with Crippen molar-refractivity contribution in [1.29, 1.82) is 0 Å². The summed E-state index contributed by atoms with van der Waals surface area (Å²) < 4.78 is 15.1. The van der Waals surface area contributed by atoms with E-state index in [1.165, 1.54) is 0 Å². The van der Waals surface area contributed by atoms with Crippen molar-refractivity contribution in [3.8, 4) is 0 Å². The van der Waals surface area contributed by atoms with Gasteiger partial charge in [-0.2, -0.15) is 0 Å². The van der Waals surface area contributed by atoms with Crippen LogP contribution in [0.5, 0.6) is 0 Å². The molecule has 5 nitrogen and oxygen atoms in total. The van der Waals surface area contributed by atoms with Gasteiger partial charge in [0.15, 0.2) is 0 Å². The summed E-state index contributed by atoms with van der Waals surface area (Å²) >= 11 is 0. The van der Waals surface area contributed by atoms with Gasteiger partial charge in [0.05, 0.1) is 39.6 Å². The predicted octanol–water partition coefficient (Wildman–Crippen LogP) is -0.0698. The zero-order valence-corrected chi connectivity index (χ0v) is 9.41. The van der Waals surface area contributed by atoms with Crippen LogP contribution in [0, 0.1) is 0 Å². The van der Waals surface area contributed by atoms with E-state index >= 15 is 0 Å². The maximum Gasteiger partial charge on any atom is 0.111 e. The molecule has 6 heteroatoms. The van der Waals surface area contributed by atoms with Gasteiger partial charge in [0.1, 0.15) is 7.34 Å². The van der Waals surface area contributed by atoms with Crippen LogP contribution in [-0.4, -0.2) is 62.6 Å². The van der Waals surface area contributed by atoms with Gasteiger partial charge < -0.3 is 24.0 Å². The number of aliphatic hydroxyl groups is 1. The monoisotopic (exact) mass is 226 g/mol. The van der Waals surface area contributed by atoms with Gasteiger partial charge in [-0.25, -0.2) is 0 Å². The third-order valence-electron chi connectivity index (χ3n) is 1.20. The number of aliphatic hydroxyl groups excluding tert-OH is 1. The lowest BCUT2D eigenvalue weighted by atomic mass is 10.7. The molecule has 0 rings (SSSR count). The van der Waals surface area contributed by atoms with Crippen LogP contribution in [0.1, 0.15) is 0 Å². The zero-order valence-electron chi connectivity index (χ0n) is 8.52. The molecular weight excluding hydrogens is 207 g/mol. The van der Waals surface area contributed by atoms with Gasteiger partial charge in [-0.1, -0.05) is 6.30 Å². The molecule has 0 spiro atoms. The van der Waals surface area contributed by atoms with Gasteiger partial charge in [-0.3, -0.25) is 0 Å². The Kier molecular flexibility index (Phi) is 8.47.